The molecule has 0 spiro atoms. The van der Waals surface area contributed by atoms with Crippen LogP contribution in [0.1, 0.15) is 27.0 Å². The van der Waals surface area contributed by atoms with Gasteiger partial charge in [-0.25, -0.2) is 0 Å². The maximum absolute atomic E-state index is 12.2. The number of hydrogen-bond donors (Lipinski definition) is 0. The summed E-state index contributed by atoms with van der Waals surface area (Å²) in [5.41, 5.74) is 4.37. The van der Waals surface area contributed by atoms with E-state index in [0.717, 1.165) is 28.7 Å². The zero-order valence-electron chi connectivity index (χ0n) is 8.73. The van der Waals surface area contributed by atoms with Gasteiger partial charge in [0, 0.05) is 11.1 Å². The van der Waals surface area contributed by atoms with E-state index in [-0.39, 0.29) is 5.78 Å². The summed E-state index contributed by atoms with van der Waals surface area (Å²) >= 11 is 0. The summed E-state index contributed by atoms with van der Waals surface area (Å²) < 4.78 is 0. The summed E-state index contributed by atoms with van der Waals surface area (Å²) in [6.45, 7) is 0. The van der Waals surface area contributed by atoms with Crippen molar-refractivity contribution >= 4 is 19.1 Å². The molecule has 0 aromatic heterocycles. The lowest BCUT2D eigenvalue weighted by Gasteiger charge is -2.18. The molecule has 0 fully saturated rings. The molecule has 0 unspecified atom stereocenters. The minimum atomic E-state index is 0.0872. The van der Waals surface area contributed by atoms with E-state index in [1.54, 1.807) is 6.07 Å². The molecule has 1 aliphatic carbocycles. The molecule has 0 N–H and O–H groups in total. The van der Waals surface area contributed by atoms with Crippen molar-refractivity contribution in [2.75, 3.05) is 0 Å². The van der Waals surface area contributed by atoms with E-state index in [0.29, 0.717) is 5.46 Å². The SMILES string of the molecule is [B]c1ccc2c(c1)C(=O)c1ccccc1C2. The Hall–Kier alpha value is -1.83. The number of rotatable bonds is 0. The van der Waals surface area contributed by atoms with Gasteiger partial charge in [-0.3, -0.25) is 4.79 Å². The van der Waals surface area contributed by atoms with Crippen molar-refractivity contribution in [2.24, 2.45) is 0 Å². The van der Waals surface area contributed by atoms with Gasteiger partial charge in [0.05, 0.1) is 0 Å². The zero-order valence-corrected chi connectivity index (χ0v) is 8.73. The summed E-state index contributed by atoms with van der Waals surface area (Å²) in [7, 11) is 5.71. The lowest BCUT2D eigenvalue weighted by molar-refractivity contribution is 0.103. The Labute approximate surface area is 95.5 Å². The van der Waals surface area contributed by atoms with Crippen LogP contribution in [-0.4, -0.2) is 13.6 Å². The van der Waals surface area contributed by atoms with Gasteiger partial charge in [-0.2, -0.15) is 0 Å². The van der Waals surface area contributed by atoms with Crippen LogP contribution < -0.4 is 5.46 Å². The Morgan fingerprint density at radius 3 is 2.56 bits per heavy atom. The molecule has 2 radical (unpaired) electrons. The van der Waals surface area contributed by atoms with Crippen molar-refractivity contribution in [3.05, 3.63) is 64.7 Å². The van der Waals surface area contributed by atoms with Gasteiger partial charge >= 0.3 is 0 Å². The zero-order chi connectivity index (χ0) is 11.1. The first-order valence-corrected chi connectivity index (χ1v) is 5.27. The van der Waals surface area contributed by atoms with E-state index < -0.39 is 0 Å². The predicted octanol–water partition coefficient (Wildman–Crippen LogP) is 1.62. The minimum Gasteiger partial charge on any atom is -0.289 e. The van der Waals surface area contributed by atoms with E-state index in [1.807, 2.05) is 36.4 Å². The molecule has 2 aromatic rings. The van der Waals surface area contributed by atoms with E-state index in [4.69, 9.17) is 7.85 Å². The monoisotopic (exact) mass is 204 g/mol. The molecule has 2 aromatic carbocycles. The fourth-order valence-corrected chi connectivity index (χ4v) is 2.21. The average Bonchev–Trinajstić information content (AvgIpc) is 2.31. The highest BCUT2D eigenvalue weighted by Gasteiger charge is 2.22. The van der Waals surface area contributed by atoms with E-state index in [2.05, 4.69) is 0 Å². The molecule has 0 atom stereocenters. The minimum absolute atomic E-state index is 0.0872. The maximum Gasteiger partial charge on any atom is 0.193 e. The summed E-state index contributed by atoms with van der Waals surface area (Å²) in [4.78, 5) is 12.2. The molecule has 0 aliphatic heterocycles. The van der Waals surface area contributed by atoms with Crippen LogP contribution in [0.2, 0.25) is 0 Å². The van der Waals surface area contributed by atoms with Gasteiger partial charge in [0.25, 0.3) is 0 Å². The molecule has 1 nitrogen and oxygen atoms in total. The molecular weight excluding hydrogens is 195 g/mol. The standard InChI is InChI=1S/C14H9BO/c15-11-6-5-10-7-9-3-1-2-4-12(9)14(16)13(10)8-11/h1-6,8H,7H2. The van der Waals surface area contributed by atoms with E-state index in [9.17, 15) is 4.79 Å². The number of hydrogen-bond acceptors (Lipinski definition) is 1. The van der Waals surface area contributed by atoms with Crippen LogP contribution >= 0.6 is 0 Å². The summed E-state index contributed by atoms with van der Waals surface area (Å²) in [5.74, 6) is 0.0872. The summed E-state index contributed by atoms with van der Waals surface area (Å²) in [5, 5.41) is 0. The number of ketones is 1. The third kappa shape index (κ3) is 1.30. The van der Waals surface area contributed by atoms with Crippen LogP contribution in [0.5, 0.6) is 0 Å². The van der Waals surface area contributed by atoms with Crippen molar-refractivity contribution in [3.8, 4) is 0 Å². The van der Waals surface area contributed by atoms with E-state index in [1.165, 1.54) is 0 Å². The molecule has 0 amide bonds. The fourth-order valence-electron chi connectivity index (χ4n) is 2.21. The van der Waals surface area contributed by atoms with Crippen molar-refractivity contribution < 1.29 is 4.79 Å². The second-order valence-electron chi connectivity index (χ2n) is 4.08. The smallest absolute Gasteiger partial charge is 0.193 e. The van der Waals surface area contributed by atoms with Gasteiger partial charge < -0.3 is 0 Å². The number of benzene rings is 2. The molecular formula is C14H9BO. The van der Waals surface area contributed by atoms with E-state index >= 15 is 0 Å². The molecule has 1 aliphatic rings. The van der Waals surface area contributed by atoms with Gasteiger partial charge in [-0.1, -0.05) is 47.9 Å². The van der Waals surface area contributed by atoms with Crippen molar-refractivity contribution in [1.29, 1.82) is 0 Å². The third-order valence-corrected chi connectivity index (χ3v) is 3.02. The topological polar surface area (TPSA) is 17.1 Å². The second-order valence-corrected chi connectivity index (χ2v) is 4.08. The number of fused-ring (bicyclic) bond motifs is 2. The van der Waals surface area contributed by atoms with Crippen LogP contribution in [0, 0.1) is 0 Å². The molecule has 16 heavy (non-hydrogen) atoms. The molecule has 0 saturated heterocycles. The Morgan fingerprint density at radius 2 is 1.69 bits per heavy atom. The normalized spacial score (nSPS) is 13.1. The average molecular weight is 204 g/mol. The number of carbonyl (C=O) groups excluding carboxylic acids is 1. The fraction of sp³-hybridized carbons (Fsp3) is 0.0714. The van der Waals surface area contributed by atoms with Crippen molar-refractivity contribution in [1.82, 2.24) is 0 Å². The van der Waals surface area contributed by atoms with Gasteiger partial charge in [-0.05, 0) is 17.5 Å². The highest BCUT2D eigenvalue weighted by Crippen LogP contribution is 2.25. The Balaban J connectivity index is 2.23. The molecule has 0 bridgehead atoms. The Kier molecular flexibility index (Phi) is 1.96. The van der Waals surface area contributed by atoms with Crippen LogP contribution in [0.15, 0.2) is 42.5 Å². The number of carbonyl (C=O) groups is 1. The summed E-state index contributed by atoms with van der Waals surface area (Å²) in [6.07, 6.45) is 0.817. The quantitative estimate of drug-likeness (QED) is 0.508. The first kappa shape index (κ1) is 9.40. The molecule has 2 heteroatoms. The summed E-state index contributed by atoms with van der Waals surface area (Å²) in [6, 6.07) is 13.3. The van der Waals surface area contributed by atoms with Crippen molar-refractivity contribution in [3.63, 3.8) is 0 Å². The first-order valence-electron chi connectivity index (χ1n) is 5.27. The maximum atomic E-state index is 12.2. The van der Waals surface area contributed by atoms with Crippen LogP contribution in [0.25, 0.3) is 0 Å². The van der Waals surface area contributed by atoms with Crippen LogP contribution in [0.3, 0.4) is 0 Å². The Morgan fingerprint density at radius 1 is 0.938 bits per heavy atom. The van der Waals surface area contributed by atoms with Crippen molar-refractivity contribution in [2.45, 2.75) is 6.42 Å². The van der Waals surface area contributed by atoms with Crippen LogP contribution in [-0.2, 0) is 6.42 Å². The van der Waals surface area contributed by atoms with Gasteiger partial charge in [0.2, 0.25) is 0 Å². The first-order chi connectivity index (χ1) is 7.75. The molecule has 74 valence electrons. The molecule has 3 rings (SSSR count). The largest absolute Gasteiger partial charge is 0.289 e. The van der Waals surface area contributed by atoms with Gasteiger partial charge in [-0.15, -0.1) is 0 Å². The molecule has 0 saturated carbocycles. The molecule has 0 heterocycles. The highest BCUT2D eigenvalue weighted by atomic mass is 16.1. The lowest BCUT2D eigenvalue weighted by atomic mass is 9.82. The highest BCUT2D eigenvalue weighted by molar-refractivity contribution is 6.33. The second kappa shape index (κ2) is 3.34. The predicted molar refractivity (Wildman–Crippen MR) is 64.5 cm³/mol. The Bertz CT molecular complexity index is 587. The van der Waals surface area contributed by atoms with Crippen LogP contribution in [0.4, 0.5) is 0 Å². The van der Waals surface area contributed by atoms with Gasteiger partial charge in [0.15, 0.2) is 5.78 Å². The lowest BCUT2D eigenvalue weighted by Crippen LogP contribution is -2.18. The van der Waals surface area contributed by atoms with Gasteiger partial charge in [0.1, 0.15) is 7.85 Å². The third-order valence-electron chi connectivity index (χ3n) is 3.02.